The third-order valence-electron chi connectivity index (χ3n) is 10.0. The largest absolute Gasteiger partial charge is 0.466 e. The van der Waals surface area contributed by atoms with Crippen LogP contribution in [0.3, 0.4) is 0 Å². The summed E-state index contributed by atoms with van der Waals surface area (Å²) >= 11 is 0. The molecule has 0 rings (SSSR count). The lowest BCUT2D eigenvalue weighted by atomic mass is 10.0. The zero-order valence-corrected chi connectivity index (χ0v) is 32.9. The first-order chi connectivity index (χ1) is 23.7. The Morgan fingerprint density at radius 3 is 0.688 bits per heavy atom. The van der Waals surface area contributed by atoms with Crippen molar-refractivity contribution in [2.75, 3.05) is 13.2 Å². The van der Waals surface area contributed by atoms with Gasteiger partial charge in [-0.3, -0.25) is 9.59 Å². The summed E-state index contributed by atoms with van der Waals surface area (Å²) in [5, 5.41) is 0. The van der Waals surface area contributed by atoms with Crippen LogP contribution in [-0.2, 0) is 19.1 Å². The molecule has 0 aromatic carbocycles. The van der Waals surface area contributed by atoms with Gasteiger partial charge in [-0.25, -0.2) is 0 Å². The van der Waals surface area contributed by atoms with E-state index >= 15 is 0 Å². The predicted molar refractivity (Wildman–Crippen MR) is 209 cm³/mol. The topological polar surface area (TPSA) is 52.6 Å². The van der Waals surface area contributed by atoms with Crippen molar-refractivity contribution in [3.63, 3.8) is 0 Å². The van der Waals surface area contributed by atoms with Crippen LogP contribution in [-0.4, -0.2) is 25.2 Å². The molecule has 0 aliphatic heterocycles. The van der Waals surface area contributed by atoms with E-state index in [1.165, 1.54) is 193 Å². The van der Waals surface area contributed by atoms with Crippen molar-refractivity contribution in [2.45, 2.75) is 258 Å². The van der Waals surface area contributed by atoms with Gasteiger partial charge in [0.05, 0.1) is 13.2 Å². The zero-order valence-electron chi connectivity index (χ0n) is 32.9. The van der Waals surface area contributed by atoms with E-state index in [-0.39, 0.29) is 11.9 Å². The number of hydrogen-bond donors (Lipinski definition) is 0. The summed E-state index contributed by atoms with van der Waals surface area (Å²) in [6.07, 6.45) is 47.8. The first kappa shape index (κ1) is 46.9. The summed E-state index contributed by atoms with van der Waals surface area (Å²) in [7, 11) is 0. The highest BCUT2D eigenvalue weighted by molar-refractivity contribution is 5.69. The van der Waals surface area contributed by atoms with Gasteiger partial charge in [-0.1, -0.05) is 219 Å². The van der Waals surface area contributed by atoms with Crippen molar-refractivity contribution in [3.8, 4) is 0 Å². The van der Waals surface area contributed by atoms with Gasteiger partial charge >= 0.3 is 11.9 Å². The number of rotatable bonds is 41. The summed E-state index contributed by atoms with van der Waals surface area (Å²) in [5.41, 5.74) is 0. The van der Waals surface area contributed by atoms with E-state index in [0.29, 0.717) is 26.1 Å². The molecule has 0 aliphatic carbocycles. The average molecular weight is 679 g/mol. The van der Waals surface area contributed by atoms with Crippen molar-refractivity contribution in [2.24, 2.45) is 0 Å². The Balaban J connectivity index is 3.19. The Bertz CT molecular complexity index is 579. The van der Waals surface area contributed by atoms with Gasteiger partial charge in [-0.05, 0) is 25.7 Å². The highest BCUT2D eigenvalue weighted by Gasteiger charge is 2.04. The summed E-state index contributed by atoms with van der Waals surface area (Å²) < 4.78 is 10.9. The van der Waals surface area contributed by atoms with Gasteiger partial charge in [-0.15, -0.1) is 0 Å². The Hall–Kier alpha value is -1.06. The fourth-order valence-electron chi connectivity index (χ4n) is 6.71. The van der Waals surface area contributed by atoms with Gasteiger partial charge in [-0.2, -0.15) is 0 Å². The maximum absolute atomic E-state index is 11.9. The first-order valence-electron chi connectivity index (χ1n) is 22.0. The van der Waals surface area contributed by atoms with Crippen molar-refractivity contribution in [1.29, 1.82) is 0 Å². The molecule has 0 amide bonds. The fourth-order valence-corrected chi connectivity index (χ4v) is 6.71. The number of unbranched alkanes of at least 4 members (excludes halogenated alkanes) is 33. The van der Waals surface area contributed by atoms with Gasteiger partial charge in [0.1, 0.15) is 0 Å². The maximum atomic E-state index is 11.9. The number of hydrogen-bond acceptors (Lipinski definition) is 4. The van der Waals surface area contributed by atoms with Gasteiger partial charge in [0.2, 0.25) is 0 Å². The van der Waals surface area contributed by atoms with E-state index in [2.05, 4.69) is 13.8 Å². The Morgan fingerprint density at radius 2 is 0.458 bits per heavy atom. The molecular weight excluding hydrogens is 592 g/mol. The SMILES string of the molecule is CCCCCCCCCCCCOC(=O)CCCCCCCCCCCCCCCCCCC(=O)OCCCCCCCCCCCC. The molecule has 286 valence electrons. The second-order valence-corrected chi connectivity index (χ2v) is 15.0. The fraction of sp³-hybridized carbons (Fsp3) is 0.955. The number of ether oxygens (including phenoxy) is 2. The Morgan fingerprint density at radius 1 is 0.271 bits per heavy atom. The molecule has 0 saturated carbocycles. The van der Waals surface area contributed by atoms with Crippen LogP contribution in [0.5, 0.6) is 0 Å². The third kappa shape index (κ3) is 41.1. The zero-order chi connectivity index (χ0) is 34.9. The maximum Gasteiger partial charge on any atom is 0.305 e. The third-order valence-corrected chi connectivity index (χ3v) is 10.0. The van der Waals surface area contributed by atoms with Crippen LogP contribution < -0.4 is 0 Å². The molecule has 0 radical (unpaired) electrons. The normalized spacial score (nSPS) is 11.3. The molecule has 0 fully saturated rings. The lowest BCUT2D eigenvalue weighted by molar-refractivity contribution is -0.144. The van der Waals surface area contributed by atoms with Gasteiger partial charge < -0.3 is 9.47 Å². The van der Waals surface area contributed by atoms with E-state index in [1.54, 1.807) is 0 Å². The van der Waals surface area contributed by atoms with E-state index in [1.807, 2.05) is 0 Å². The Kier molecular flexibility index (Phi) is 41.2. The smallest absolute Gasteiger partial charge is 0.305 e. The van der Waals surface area contributed by atoms with Crippen molar-refractivity contribution in [1.82, 2.24) is 0 Å². The number of esters is 2. The summed E-state index contributed by atoms with van der Waals surface area (Å²) in [6, 6.07) is 0. The van der Waals surface area contributed by atoms with E-state index < -0.39 is 0 Å². The van der Waals surface area contributed by atoms with E-state index in [0.717, 1.165) is 38.5 Å². The second-order valence-electron chi connectivity index (χ2n) is 15.0. The molecule has 4 heteroatoms. The van der Waals surface area contributed by atoms with Crippen LogP contribution in [0.2, 0.25) is 0 Å². The van der Waals surface area contributed by atoms with Gasteiger partial charge in [0, 0.05) is 12.8 Å². The lowest BCUT2D eigenvalue weighted by Gasteiger charge is -2.06. The average Bonchev–Trinajstić information content (AvgIpc) is 3.09. The van der Waals surface area contributed by atoms with Crippen molar-refractivity contribution < 1.29 is 19.1 Å². The second kappa shape index (κ2) is 42.1. The lowest BCUT2D eigenvalue weighted by Crippen LogP contribution is -2.05. The molecule has 0 aromatic rings. The van der Waals surface area contributed by atoms with E-state index in [4.69, 9.17) is 9.47 Å². The van der Waals surface area contributed by atoms with Crippen LogP contribution in [0.1, 0.15) is 258 Å². The molecule has 0 N–H and O–H groups in total. The van der Waals surface area contributed by atoms with Crippen LogP contribution >= 0.6 is 0 Å². The molecule has 0 unspecified atom stereocenters. The molecule has 0 heterocycles. The summed E-state index contributed by atoms with van der Waals surface area (Å²) in [5.74, 6) is 0.0236. The highest BCUT2D eigenvalue weighted by Crippen LogP contribution is 2.16. The molecule has 0 aliphatic rings. The minimum absolute atomic E-state index is 0.0118. The highest BCUT2D eigenvalue weighted by atomic mass is 16.5. The van der Waals surface area contributed by atoms with Gasteiger partial charge in [0.25, 0.3) is 0 Å². The quantitative estimate of drug-likeness (QED) is 0.0477. The molecule has 48 heavy (non-hydrogen) atoms. The first-order valence-corrected chi connectivity index (χ1v) is 22.0. The van der Waals surface area contributed by atoms with Gasteiger partial charge in [0.15, 0.2) is 0 Å². The minimum Gasteiger partial charge on any atom is -0.466 e. The molecule has 0 bridgehead atoms. The molecule has 0 saturated heterocycles. The minimum atomic E-state index is 0.0118. The molecule has 0 spiro atoms. The van der Waals surface area contributed by atoms with Crippen LogP contribution in [0.25, 0.3) is 0 Å². The van der Waals surface area contributed by atoms with E-state index in [9.17, 15) is 9.59 Å². The predicted octanol–water partition coefficient (Wildman–Crippen LogP) is 14.9. The van der Waals surface area contributed by atoms with Crippen LogP contribution in [0.4, 0.5) is 0 Å². The summed E-state index contributed by atoms with van der Waals surface area (Å²) in [4.78, 5) is 23.9. The van der Waals surface area contributed by atoms with Crippen LogP contribution in [0, 0.1) is 0 Å². The number of carbonyl (C=O) groups excluding carboxylic acids is 2. The van der Waals surface area contributed by atoms with Crippen molar-refractivity contribution >= 4 is 11.9 Å². The van der Waals surface area contributed by atoms with Crippen molar-refractivity contribution in [3.05, 3.63) is 0 Å². The molecular formula is C44H86O4. The van der Waals surface area contributed by atoms with Crippen LogP contribution in [0.15, 0.2) is 0 Å². The standard InChI is InChI=1S/C44H86O4/c1-3-5-7-9-11-13-25-29-33-37-41-47-43(45)39-35-31-27-23-21-19-17-15-16-18-20-22-24-28-32-36-40-44(46)48-42-38-34-30-26-14-12-10-8-6-4-2/h3-42H2,1-2H3. The molecule has 0 aromatic heterocycles. The molecule has 0 atom stereocenters. The number of carbonyl (C=O) groups is 2. The monoisotopic (exact) mass is 679 g/mol. The molecule has 4 nitrogen and oxygen atoms in total. The Labute approximate surface area is 301 Å². The summed E-state index contributed by atoms with van der Waals surface area (Å²) in [6.45, 7) is 5.78.